The maximum Gasteiger partial charge on any atom is 0.404 e. The lowest BCUT2D eigenvalue weighted by atomic mass is 9.88. The third kappa shape index (κ3) is 8.47. The maximum absolute atomic E-state index is 14.9. The second kappa shape index (κ2) is 14.6. The van der Waals surface area contributed by atoms with Gasteiger partial charge in [0, 0.05) is 56.9 Å². The molecule has 0 spiro atoms. The van der Waals surface area contributed by atoms with Crippen LogP contribution in [0.1, 0.15) is 43.8 Å². The largest absolute Gasteiger partial charge is 0.465 e. The van der Waals surface area contributed by atoms with Crippen LogP contribution in [0.3, 0.4) is 0 Å². The van der Waals surface area contributed by atoms with Crippen LogP contribution in [-0.4, -0.2) is 81.2 Å². The molecular formula is C25H38ClFN4O5. The zero-order valence-corrected chi connectivity index (χ0v) is 21.6. The zero-order chi connectivity index (χ0) is 25.9. The number of hydrogen-bond acceptors (Lipinski definition) is 5. The van der Waals surface area contributed by atoms with E-state index in [2.05, 4.69) is 16.0 Å². The van der Waals surface area contributed by atoms with Gasteiger partial charge in [0.25, 0.3) is 0 Å². The quantitative estimate of drug-likeness (QED) is 0.326. The SMILES string of the molecule is CNC[C@@H](CC1CCOCC1)NC(=O)N1CCC[C@@H](C(OCCNC(=O)O)c2cccc(Cl)c2F)C1. The second-order valence-corrected chi connectivity index (χ2v) is 9.92. The average molecular weight is 529 g/mol. The van der Waals surface area contributed by atoms with Gasteiger partial charge in [-0.2, -0.15) is 0 Å². The van der Waals surface area contributed by atoms with Gasteiger partial charge in [-0.1, -0.05) is 23.7 Å². The number of ether oxygens (including phenoxy) is 2. The minimum atomic E-state index is -1.15. The van der Waals surface area contributed by atoms with Crippen LogP contribution in [0.25, 0.3) is 0 Å². The van der Waals surface area contributed by atoms with Gasteiger partial charge in [0.2, 0.25) is 0 Å². The number of likely N-dealkylation sites (tertiary alicyclic amines) is 1. The van der Waals surface area contributed by atoms with Crippen LogP contribution in [-0.2, 0) is 9.47 Å². The van der Waals surface area contributed by atoms with Gasteiger partial charge in [-0.3, -0.25) is 0 Å². The van der Waals surface area contributed by atoms with Crippen LogP contribution >= 0.6 is 11.6 Å². The van der Waals surface area contributed by atoms with Crippen molar-refractivity contribution in [2.24, 2.45) is 11.8 Å². The molecule has 3 amide bonds. The van der Waals surface area contributed by atoms with Crippen LogP contribution in [0.4, 0.5) is 14.0 Å². The van der Waals surface area contributed by atoms with E-state index in [1.54, 1.807) is 17.0 Å². The Hall–Kier alpha value is -2.14. The number of carboxylic acid groups (broad SMARTS) is 1. The molecule has 0 radical (unpaired) electrons. The zero-order valence-electron chi connectivity index (χ0n) is 20.8. The lowest BCUT2D eigenvalue weighted by Crippen LogP contribution is -2.52. The fraction of sp³-hybridized carbons (Fsp3) is 0.680. The van der Waals surface area contributed by atoms with Gasteiger partial charge in [-0.05, 0) is 51.1 Å². The summed E-state index contributed by atoms with van der Waals surface area (Å²) in [6, 6.07) is 4.64. The van der Waals surface area contributed by atoms with E-state index in [0.717, 1.165) is 45.3 Å². The molecule has 3 rings (SSSR count). The Morgan fingerprint density at radius 3 is 2.81 bits per heavy atom. The van der Waals surface area contributed by atoms with Crippen molar-refractivity contribution in [3.8, 4) is 0 Å². The number of carbonyl (C=O) groups excluding carboxylic acids is 1. The Morgan fingerprint density at radius 2 is 2.08 bits per heavy atom. The summed E-state index contributed by atoms with van der Waals surface area (Å²) in [7, 11) is 1.88. The Labute approximate surface area is 217 Å². The lowest BCUT2D eigenvalue weighted by molar-refractivity contribution is -0.0105. The van der Waals surface area contributed by atoms with Gasteiger partial charge >= 0.3 is 12.1 Å². The number of likely N-dealkylation sites (N-methyl/N-ethyl adjacent to an activating group) is 1. The molecule has 2 fully saturated rings. The molecule has 1 unspecified atom stereocenters. The van der Waals surface area contributed by atoms with Crippen molar-refractivity contribution in [3.63, 3.8) is 0 Å². The predicted molar refractivity (Wildman–Crippen MR) is 135 cm³/mol. The molecule has 4 N–H and O–H groups in total. The standard InChI is InChI=1S/C25H38ClFN4O5/c1-28-15-19(14-17-7-11-35-12-8-17)30-24(32)31-10-3-4-18(16-31)23(36-13-9-29-25(33)34)20-5-2-6-21(26)22(20)27/h2,5-6,17-19,23,28-29H,3-4,7-16H2,1H3,(H,30,32)(H,33,34)/t18-,19-,23?/m1/s1. The summed E-state index contributed by atoms with van der Waals surface area (Å²) < 4.78 is 26.4. The normalized spacial score (nSPS) is 20.5. The molecule has 1 aromatic carbocycles. The number of amides is 3. The molecule has 36 heavy (non-hydrogen) atoms. The highest BCUT2D eigenvalue weighted by atomic mass is 35.5. The molecule has 2 heterocycles. The van der Waals surface area contributed by atoms with E-state index in [0.29, 0.717) is 31.1 Å². The molecule has 9 nitrogen and oxygen atoms in total. The number of benzene rings is 1. The van der Waals surface area contributed by atoms with Crippen LogP contribution in [0.15, 0.2) is 18.2 Å². The highest BCUT2D eigenvalue weighted by Gasteiger charge is 2.33. The highest BCUT2D eigenvalue weighted by molar-refractivity contribution is 6.30. The van der Waals surface area contributed by atoms with Crippen LogP contribution in [0.2, 0.25) is 5.02 Å². The van der Waals surface area contributed by atoms with Crippen molar-refractivity contribution in [1.82, 2.24) is 20.9 Å². The summed E-state index contributed by atoms with van der Waals surface area (Å²) in [6.45, 7) is 3.36. The fourth-order valence-electron chi connectivity index (χ4n) is 5.10. The Morgan fingerprint density at radius 1 is 1.31 bits per heavy atom. The Bertz CT molecular complexity index is 858. The van der Waals surface area contributed by atoms with E-state index in [9.17, 15) is 14.0 Å². The first-order valence-corrected chi connectivity index (χ1v) is 13.1. The smallest absolute Gasteiger partial charge is 0.404 e. The maximum atomic E-state index is 14.9. The minimum absolute atomic E-state index is 0.00168. The molecule has 2 aliphatic heterocycles. The third-order valence-electron chi connectivity index (χ3n) is 6.87. The summed E-state index contributed by atoms with van der Waals surface area (Å²) in [4.78, 5) is 25.8. The van der Waals surface area contributed by atoms with Gasteiger partial charge in [0.15, 0.2) is 0 Å². The van der Waals surface area contributed by atoms with Gasteiger partial charge in [-0.25, -0.2) is 14.0 Å². The summed E-state index contributed by atoms with van der Waals surface area (Å²) in [6.07, 6.45) is 2.58. The first-order valence-electron chi connectivity index (χ1n) is 12.7. The van der Waals surface area contributed by atoms with Gasteiger partial charge in [0.1, 0.15) is 5.82 Å². The van der Waals surface area contributed by atoms with Crippen molar-refractivity contribution in [1.29, 1.82) is 0 Å². The first-order chi connectivity index (χ1) is 17.4. The topological polar surface area (TPSA) is 112 Å². The Kier molecular flexibility index (Phi) is 11.5. The predicted octanol–water partition coefficient (Wildman–Crippen LogP) is 3.63. The van der Waals surface area contributed by atoms with Gasteiger partial charge < -0.3 is 35.4 Å². The molecule has 0 aromatic heterocycles. The summed E-state index contributed by atoms with van der Waals surface area (Å²) in [5, 5.41) is 17.5. The number of carbonyl (C=O) groups is 2. The molecule has 11 heteroatoms. The molecule has 0 saturated carbocycles. The molecular weight excluding hydrogens is 491 g/mol. The molecule has 0 bridgehead atoms. The Balaban J connectivity index is 1.66. The number of halogens is 2. The number of rotatable bonds is 11. The number of nitrogens with one attached hydrogen (secondary N) is 3. The first kappa shape index (κ1) is 28.4. The fourth-order valence-corrected chi connectivity index (χ4v) is 5.28. The van der Waals surface area contributed by atoms with Gasteiger partial charge in [0.05, 0.1) is 17.7 Å². The lowest BCUT2D eigenvalue weighted by Gasteiger charge is -2.38. The number of urea groups is 1. The van der Waals surface area contributed by atoms with E-state index in [1.165, 1.54) is 6.07 Å². The van der Waals surface area contributed by atoms with Crippen LogP contribution in [0.5, 0.6) is 0 Å². The van der Waals surface area contributed by atoms with Gasteiger partial charge in [-0.15, -0.1) is 0 Å². The third-order valence-corrected chi connectivity index (χ3v) is 7.17. The summed E-state index contributed by atoms with van der Waals surface area (Å²) >= 11 is 6.04. The highest BCUT2D eigenvalue weighted by Crippen LogP contribution is 2.36. The van der Waals surface area contributed by atoms with Crippen molar-refractivity contribution in [2.75, 3.05) is 53.0 Å². The van der Waals surface area contributed by atoms with Crippen LogP contribution in [0, 0.1) is 17.7 Å². The molecule has 2 aliphatic rings. The van der Waals surface area contributed by atoms with E-state index in [-0.39, 0.29) is 36.2 Å². The van der Waals surface area contributed by atoms with Crippen molar-refractivity contribution < 1.29 is 28.6 Å². The average Bonchev–Trinajstić information content (AvgIpc) is 2.87. The van der Waals surface area contributed by atoms with Crippen molar-refractivity contribution >= 4 is 23.7 Å². The molecule has 3 atom stereocenters. The molecule has 1 aromatic rings. The number of nitrogens with zero attached hydrogens (tertiary/aromatic N) is 1. The second-order valence-electron chi connectivity index (χ2n) is 9.51. The minimum Gasteiger partial charge on any atom is -0.465 e. The number of piperidine rings is 1. The van der Waals surface area contributed by atoms with E-state index >= 15 is 0 Å². The van der Waals surface area contributed by atoms with E-state index in [4.69, 9.17) is 26.2 Å². The number of hydrogen-bond donors (Lipinski definition) is 4. The molecule has 202 valence electrons. The molecule has 0 aliphatic carbocycles. The monoisotopic (exact) mass is 528 g/mol. The van der Waals surface area contributed by atoms with Crippen molar-refractivity contribution in [2.45, 2.75) is 44.2 Å². The van der Waals surface area contributed by atoms with E-state index < -0.39 is 18.0 Å². The summed E-state index contributed by atoms with van der Waals surface area (Å²) in [5.41, 5.74) is 0.317. The molecule has 2 saturated heterocycles. The van der Waals surface area contributed by atoms with Crippen molar-refractivity contribution in [3.05, 3.63) is 34.6 Å². The van der Waals surface area contributed by atoms with Crippen LogP contribution < -0.4 is 16.0 Å². The van der Waals surface area contributed by atoms with E-state index in [1.807, 2.05) is 7.05 Å². The summed E-state index contributed by atoms with van der Waals surface area (Å²) in [5.74, 6) is -0.197.